The lowest BCUT2D eigenvalue weighted by Crippen LogP contribution is -2.23. The summed E-state index contributed by atoms with van der Waals surface area (Å²) in [5.74, 6) is 0. The first-order valence-corrected chi connectivity index (χ1v) is 6.51. The van der Waals surface area contributed by atoms with Crippen LogP contribution in [0.2, 0.25) is 0 Å². The second kappa shape index (κ2) is 5.89. The Labute approximate surface area is 102 Å². The van der Waals surface area contributed by atoms with Crippen LogP contribution in [0.4, 0.5) is 0 Å². The third kappa shape index (κ3) is 3.07. The van der Waals surface area contributed by atoms with Crippen molar-refractivity contribution < 1.29 is 5.11 Å². The molecule has 0 bridgehead atoms. The van der Waals surface area contributed by atoms with E-state index < -0.39 is 0 Å². The molecule has 0 saturated heterocycles. The number of hydrogen-bond acceptors (Lipinski definition) is 1. The molecule has 1 aromatic carbocycles. The highest BCUT2D eigenvalue weighted by Gasteiger charge is 2.23. The molecule has 1 N–H and O–H groups in total. The number of aliphatic hydroxyl groups is 1. The van der Waals surface area contributed by atoms with Crippen LogP contribution in [0.3, 0.4) is 0 Å². The number of benzene rings is 1. The molecule has 0 spiro atoms. The van der Waals surface area contributed by atoms with Gasteiger partial charge in [0.05, 0.1) is 15.8 Å². The van der Waals surface area contributed by atoms with E-state index in [9.17, 15) is 5.11 Å². The molecular formula is C11H14Br2O. The summed E-state index contributed by atoms with van der Waals surface area (Å²) in [4.78, 5) is 0.202. The first-order chi connectivity index (χ1) is 6.66. The SMILES string of the molecule is CCC(O)C(Br)C(Br)c1ccccc1. The van der Waals surface area contributed by atoms with E-state index in [1.165, 1.54) is 5.56 Å². The molecule has 0 aliphatic rings. The summed E-state index contributed by atoms with van der Waals surface area (Å²) in [5, 5.41) is 9.68. The minimum absolute atomic E-state index is 0.0508. The molecule has 3 heteroatoms. The summed E-state index contributed by atoms with van der Waals surface area (Å²) < 4.78 is 0. The van der Waals surface area contributed by atoms with Gasteiger partial charge in [0.25, 0.3) is 0 Å². The van der Waals surface area contributed by atoms with Crippen molar-refractivity contribution in [2.45, 2.75) is 29.1 Å². The van der Waals surface area contributed by atoms with Crippen LogP contribution in [0.15, 0.2) is 30.3 Å². The van der Waals surface area contributed by atoms with E-state index in [4.69, 9.17) is 0 Å². The molecule has 1 rings (SSSR count). The van der Waals surface area contributed by atoms with Gasteiger partial charge < -0.3 is 5.11 Å². The van der Waals surface area contributed by atoms with Crippen LogP contribution in [0, 0.1) is 0 Å². The lowest BCUT2D eigenvalue weighted by atomic mass is 10.1. The summed E-state index contributed by atoms with van der Waals surface area (Å²) >= 11 is 7.09. The van der Waals surface area contributed by atoms with Crippen LogP contribution in [0.25, 0.3) is 0 Å². The predicted octanol–water partition coefficient (Wildman–Crippen LogP) is 3.66. The Hall–Kier alpha value is 0.140. The summed E-state index contributed by atoms with van der Waals surface area (Å²) in [6, 6.07) is 10.1. The van der Waals surface area contributed by atoms with Gasteiger partial charge in [-0.1, -0.05) is 69.1 Å². The zero-order chi connectivity index (χ0) is 10.6. The van der Waals surface area contributed by atoms with E-state index in [0.717, 1.165) is 6.42 Å². The van der Waals surface area contributed by atoms with Crippen LogP contribution in [-0.2, 0) is 0 Å². The first-order valence-electron chi connectivity index (χ1n) is 4.68. The maximum atomic E-state index is 9.68. The molecule has 1 nitrogen and oxygen atoms in total. The molecule has 78 valence electrons. The van der Waals surface area contributed by atoms with Gasteiger partial charge >= 0.3 is 0 Å². The van der Waals surface area contributed by atoms with E-state index in [2.05, 4.69) is 44.0 Å². The minimum atomic E-state index is -0.320. The Morgan fingerprint density at radius 1 is 1.21 bits per heavy atom. The van der Waals surface area contributed by atoms with Crippen molar-refractivity contribution >= 4 is 31.9 Å². The van der Waals surface area contributed by atoms with E-state index in [1.54, 1.807) is 0 Å². The maximum absolute atomic E-state index is 9.68. The first kappa shape index (κ1) is 12.2. The van der Waals surface area contributed by atoms with Crippen molar-refractivity contribution in [3.8, 4) is 0 Å². The fraction of sp³-hybridized carbons (Fsp3) is 0.455. The fourth-order valence-corrected chi connectivity index (χ4v) is 2.58. The van der Waals surface area contributed by atoms with Gasteiger partial charge in [-0.05, 0) is 12.0 Å². The molecule has 14 heavy (non-hydrogen) atoms. The Morgan fingerprint density at radius 3 is 2.29 bits per heavy atom. The number of hydrogen-bond donors (Lipinski definition) is 1. The van der Waals surface area contributed by atoms with Gasteiger partial charge in [0.2, 0.25) is 0 Å². The summed E-state index contributed by atoms with van der Waals surface area (Å²) in [6.07, 6.45) is 0.435. The third-order valence-corrected chi connectivity index (χ3v) is 5.13. The van der Waals surface area contributed by atoms with Gasteiger partial charge in [-0.3, -0.25) is 0 Å². The van der Waals surface area contributed by atoms with Crippen LogP contribution < -0.4 is 0 Å². The van der Waals surface area contributed by atoms with Crippen molar-refractivity contribution in [3.63, 3.8) is 0 Å². The Balaban J connectivity index is 2.70. The summed E-state index contributed by atoms with van der Waals surface area (Å²) in [5.41, 5.74) is 1.18. The van der Waals surface area contributed by atoms with E-state index in [0.29, 0.717) is 0 Å². The number of alkyl halides is 2. The molecule has 3 atom stereocenters. The van der Waals surface area contributed by atoms with Gasteiger partial charge in [-0.25, -0.2) is 0 Å². The predicted molar refractivity (Wildman–Crippen MR) is 67.1 cm³/mol. The fourth-order valence-electron chi connectivity index (χ4n) is 1.24. The van der Waals surface area contributed by atoms with E-state index in [-0.39, 0.29) is 15.8 Å². The molecule has 0 saturated carbocycles. The van der Waals surface area contributed by atoms with Gasteiger partial charge in [0, 0.05) is 0 Å². The Kier molecular flexibility index (Phi) is 5.13. The van der Waals surface area contributed by atoms with Crippen LogP contribution in [0.5, 0.6) is 0 Å². The summed E-state index contributed by atoms with van der Waals surface area (Å²) in [7, 11) is 0. The minimum Gasteiger partial charge on any atom is -0.392 e. The highest BCUT2D eigenvalue weighted by atomic mass is 79.9. The third-order valence-electron chi connectivity index (χ3n) is 2.18. The standard InChI is InChI=1S/C11H14Br2O/c1-2-9(14)11(13)10(12)8-6-4-3-5-7-8/h3-7,9-11,14H,2H2,1H3. The molecule has 0 fully saturated rings. The van der Waals surface area contributed by atoms with Crippen LogP contribution in [-0.4, -0.2) is 16.0 Å². The summed E-state index contributed by atoms with van der Waals surface area (Å²) in [6.45, 7) is 1.98. The van der Waals surface area contributed by atoms with Crippen molar-refractivity contribution in [1.82, 2.24) is 0 Å². The molecule has 0 aliphatic carbocycles. The number of rotatable bonds is 4. The van der Waals surface area contributed by atoms with E-state index >= 15 is 0 Å². The zero-order valence-corrected chi connectivity index (χ0v) is 11.2. The Bertz CT molecular complexity index is 263. The number of halogens is 2. The average molecular weight is 322 g/mol. The Morgan fingerprint density at radius 2 is 1.79 bits per heavy atom. The second-order valence-corrected chi connectivity index (χ2v) is 5.28. The number of aliphatic hydroxyl groups excluding tert-OH is 1. The molecule has 0 aliphatic heterocycles. The van der Waals surface area contributed by atoms with Gasteiger partial charge in [-0.15, -0.1) is 0 Å². The highest BCUT2D eigenvalue weighted by Crippen LogP contribution is 2.33. The van der Waals surface area contributed by atoms with Gasteiger partial charge in [-0.2, -0.15) is 0 Å². The zero-order valence-electron chi connectivity index (χ0n) is 8.03. The molecule has 0 heterocycles. The average Bonchev–Trinajstić information content (AvgIpc) is 2.27. The second-order valence-electron chi connectivity index (χ2n) is 3.23. The monoisotopic (exact) mass is 320 g/mol. The van der Waals surface area contributed by atoms with Crippen LogP contribution >= 0.6 is 31.9 Å². The van der Waals surface area contributed by atoms with E-state index in [1.807, 2.05) is 25.1 Å². The van der Waals surface area contributed by atoms with Crippen molar-refractivity contribution in [3.05, 3.63) is 35.9 Å². The quantitative estimate of drug-likeness (QED) is 0.839. The molecule has 0 amide bonds. The molecule has 0 radical (unpaired) electrons. The lowest BCUT2D eigenvalue weighted by molar-refractivity contribution is 0.168. The van der Waals surface area contributed by atoms with Crippen molar-refractivity contribution in [1.29, 1.82) is 0 Å². The highest BCUT2D eigenvalue weighted by molar-refractivity contribution is 9.12. The smallest absolute Gasteiger partial charge is 0.0676 e. The van der Waals surface area contributed by atoms with Crippen molar-refractivity contribution in [2.75, 3.05) is 0 Å². The van der Waals surface area contributed by atoms with Crippen LogP contribution in [0.1, 0.15) is 23.7 Å². The van der Waals surface area contributed by atoms with Crippen molar-refractivity contribution in [2.24, 2.45) is 0 Å². The molecule has 0 aromatic heterocycles. The topological polar surface area (TPSA) is 20.2 Å². The molecule has 3 unspecified atom stereocenters. The lowest BCUT2D eigenvalue weighted by Gasteiger charge is -2.21. The maximum Gasteiger partial charge on any atom is 0.0676 e. The molecular weight excluding hydrogens is 308 g/mol. The van der Waals surface area contributed by atoms with Gasteiger partial charge in [0.15, 0.2) is 0 Å². The molecule has 1 aromatic rings. The van der Waals surface area contributed by atoms with Gasteiger partial charge in [0.1, 0.15) is 0 Å². The normalized spacial score (nSPS) is 17.4. The largest absolute Gasteiger partial charge is 0.392 e.